The Balaban J connectivity index is 1.63. The van der Waals surface area contributed by atoms with E-state index < -0.39 is 66.5 Å². The summed E-state index contributed by atoms with van der Waals surface area (Å²) in [6.07, 6.45) is -4.85. The fraction of sp³-hybridized carbons (Fsp3) is 0.846. The molecule has 1 aliphatic heterocycles. The molecule has 9 heteroatoms. The summed E-state index contributed by atoms with van der Waals surface area (Å²) in [5.41, 5.74) is 0.585. The van der Waals surface area contributed by atoms with E-state index in [-0.39, 0.29) is 17.9 Å². The van der Waals surface area contributed by atoms with Crippen molar-refractivity contribution in [2.24, 2.45) is 22.2 Å². The Hall–Kier alpha value is -0.880. The number of aliphatic hydroxyl groups is 7. The lowest BCUT2D eigenvalue weighted by Crippen LogP contribution is -2.64. The van der Waals surface area contributed by atoms with E-state index in [1.165, 1.54) is 0 Å². The van der Waals surface area contributed by atoms with Gasteiger partial charge in [-0.3, -0.25) is 0 Å². The molecule has 0 aromatic rings. The van der Waals surface area contributed by atoms with Gasteiger partial charge in [-0.2, -0.15) is 0 Å². The number of rotatable bonds is 5. The Morgan fingerprint density at radius 2 is 1.74 bits per heavy atom. The van der Waals surface area contributed by atoms with Gasteiger partial charge in [0.1, 0.15) is 24.4 Å². The summed E-state index contributed by atoms with van der Waals surface area (Å²) in [4.78, 5) is 0. The zero-order valence-corrected chi connectivity index (χ0v) is 20.9. The van der Waals surface area contributed by atoms with Crippen LogP contribution in [-0.2, 0) is 9.47 Å². The molecule has 4 rings (SSSR count). The molecule has 0 amide bonds. The van der Waals surface area contributed by atoms with E-state index in [1.54, 1.807) is 0 Å². The summed E-state index contributed by atoms with van der Waals surface area (Å²) in [7, 11) is 0. The molecular weight excluding hydrogens is 456 g/mol. The third-order valence-electron chi connectivity index (χ3n) is 9.62. The maximum atomic E-state index is 11.2. The van der Waals surface area contributed by atoms with Gasteiger partial charge >= 0.3 is 0 Å². The van der Waals surface area contributed by atoms with Gasteiger partial charge in [-0.15, -0.1) is 6.58 Å². The molecule has 9 nitrogen and oxygen atoms in total. The maximum Gasteiger partial charge on any atom is 0.186 e. The van der Waals surface area contributed by atoms with Gasteiger partial charge in [0.2, 0.25) is 0 Å². The molecule has 7 N–H and O–H groups in total. The van der Waals surface area contributed by atoms with Crippen molar-refractivity contribution in [1.82, 2.24) is 0 Å². The SMILES string of the molecule is C=C[C@@]1(C)CCC2=C(C1)[C@H](O)C[C@H]1[C@@](C)(CO[C@@H]3O[C@H](CO)[C@@H](O)[C@@H](O)[C@@H]3O)[C@@H](O)[C@H](O)C[C@]21C. The van der Waals surface area contributed by atoms with Gasteiger partial charge in [-0.1, -0.05) is 32.4 Å². The lowest BCUT2D eigenvalue weighted by molar-refractivity contribution is -0.314. The first kappa shape index (κ1) is 27.2. The number of hydrogen-bond acceptors (Lipinski definition) is 9. The van der Waals surface area contributed by atoms with E-state index in [4.69, 9.17) is 9.47 Å². The average Bonchev–Trinajstić information content (AvgIpc) is 2.83. The molecule has 0 spiro atoms. The first-order valence-corrected chi connectivity index (χ1v) is 12.6. The van der Waals surface area contributed by atoms with Crippen LogP contribution in [0.2, 0.25) is 0 Å². The molecule has 1 saturated heterocycles. The molecule has 0 aromatic carbocycles. The molecule has 4 aliphatic rings. The lowest BCUT2D eigenvalue weighted by atomic mass is 9.46. The molecule has 1 saturated carbocycles. The fourth-order valence-electron chi connectivity index (χ4n) is 7.29. The predicted molar refractivity (Wildman–Crippen MR) is 126 cm³/mol. The van der Waals surface area contributed by atoms with Crippen LogP contribution in [0.3, 0.4) is 0 Å². The van der Waals surface area contributed by atoms with Crippen LogP contribution >= 0.6 is 0 Å². The molecule has 0 bridgehead atoms. The summed E-state index contributed by atoms with van der Waals surface area (Å²) < 4.78 is 11.4. The van der Waals surface area contributed by atoms with Crippen LogP contribution in [0.25, 0.3) is 0 Å². The van der Waals surface area contributed by atoms with Gasteiger partial charge in [0.15, 0.2) is 6.29 Å². The van der Waals surface area contributed by atoms with E-state index in [0.717, 1.165) is 24.0 Å². The molecule has 0 aromatic heterocycles. The Labute approximate surface area is 206 Å². The van der Waals surface area contributed by atoms with Gasteiger partial charge in [-0.05, 0) is 54.4 Å². The van der Waals surface area contributed by atoms with Crippen molar-refractivity contribution in [3.63, 3.8) is 0 Å². The summed E-state index contributed by atoms with van der Waals surface area (Å²) in [5, 5.41) is 73.4. The van der Waals surface area contributed by atoms with Gasteiger partial charge < -0.3 is 45.2 Å². The minimum absolute atomic E-state index is 0.0919. The lowest BCUT2D eigenvalue weighted by Gasteiger charge is -2.61. The highest BCUT2D eigenvalue weighted by atomic mass is 16.7. The van der Waals surface area contributed by atoms with Crippen molar-refractivity contribution in [1.29, 1.82) is 0 Å². The van der Waals surface area contributed by atoms with Crippen molar-refractivity contribution >= 4 is 0 Å². The van der Waals surface area contributed by atoms with Gasteiger partial charge in [0.25, 0.3) is 0 Å². The zero-order chi connectivity index (χ0) is 25.9. The van der Waals surface area contributed by atoms with Crippen molar-refractivity contribution in [3.05, 3.63) is 23.8 Å². The standard InChI is InChI=1S/C26H42O9/c1-5-24(2)7-6-14-13(9-24)15(28)8-18-25(14,3)10-16(29)22(33)26(18,4)12-34-23-21(32)20(31)19(30)17(11-27)35-23/h5,15-23,27-33H,1,6-12H2,2-4H3/t15-,16-,17-,18-,19-,20-,21+,22+,23-,24+,25-,26-/m1/s1. The van der Waals surface area contributed by atoms with Gasteiger partial charge in [0, 0.05) is 5.41 Å². The Morgan fingerprint density at radius 1 is 1.06 bits per heavy atom. The van der Waals surface area contributed by atoms with Crippen LogP contribution in [0, 0.1) is 22.2 Å². The average molecular weight is 499 g/mol. The molecular formula is C26H42O9. The predicted octanol–water partition coefficient (Wildman–Crippen LogP) is -0.00540. The Morgan fingerprint density at radius 3 is 2.37 bits per heavy atom. The zero-order valence-electron chi connectivity index (χ0n) is 20.9. The normalized spacial score (nSPS) is 52.6. The second-order valence-corrected chi connectivity index (χ2v) is 12.0. The van der Waals surface area contributed by atoms with E-state index in [2.05, 4.69) is 20.4 Å². The first-order valence-electron chi connectivity index (χ1n) is 12.6. The quantitative estimate of drug-likeness (QED) is 0.259. The van der Waals surface area contributed by atoms with Crippen molar-refractivity contribution in [2.75, 3.05) is 13.2 Å². The third-order valence-corrected chi connectivity index (χ3v) is 9.62. The second-order valence-electron chi connectivity index (χ2n) is 12.0. The fourth-order valence-corrected chi connectivity index (χ4v) is 7.29. The number of fused-ring (bicyclic) bond motifs is 2. The number of aliphatic hydroxyl groups excluding tert-OH is 7. The van der Waals surface area contributed by atoms with Gasteiger partial charge in [0.05, 0.1) is 31.5 Å². The van der Waals surface area contributed by atoms with E-state index in [0.29, 0.717) is 19.3 Å². The van der Waals surface area contributed by atoms with Crippen LogP contribution in [0.1, 0.15) is 52.9 Å². The van der Waals surface area contributed by atoms with Crippen LogP contribution < -0.4 is 0 Å². The molecule has 1 heterocycles. The minimum atomic E-state index is -1.57. The van der Waals surface area contributed by atoms with Gasteiger partial charge in [-0.25, -0.2) is 0 Å². The van der Waals surface area contributed by atoms with Crippen molar-refractivity contribution in [2.45, 2.75) is 102 Å². The number of hydrogen-bond donors (Lipinski definition) is 7. The topological polar surface area (TPSA) is 160 Å². The molecule has 0 radical (unpaired) electrons. The van der Waals surface area contributed by atoms with Crippen molar-refractivity contribution < 1.29 is 45.2 Å². The summed E-state index contributed by atoms with van der Waals surface area (Å²) in [5.74, 6) is -0.236. The van der Waals surface area contributed by atoms with Crippen LogP contribution in [0.15, 0.2) is 23.8 Å². The highest BCUT2D eigenvalue weighted by Gasteiger charge is 2.61. The molecule has 2 fully saturated rings. The molecule has 3 aliphatic carbocycles. The molecule has 0 unspecified atom stereocenters. The molecule has 12 atom stereocenters. The van der Waals surface area contributed by atoms with Crippen molar-refractivity contribution in [3.8, 4) is 0 Å². The third kappa shape index (κ3) is 4.32. The van der Waals surface area contributed by atoms with Crippen LogP contribution in [0.4, 0.5) is 0 Å². The summed E-state index contributed by atoms with van der Waals surface area (Å²) in [6, 6.07) is 0. The Bertz CT molecular complexity index is 845. The van der Waals surface area contributed by atoms with E-state index in [9.17, 15) is 35.7 Å². The summed E-state index contributed by atoms with van der Waals surface area (Å²) >= 11 is 0. The molecule has 35 heavy (non-hydrogen) atoms. The highest BCUT2D eigenvalue weighted by molar-refractivity contribution is 5.36. The number of allylic oxidation sites excluding steroid dienone is 2. The maximum absolute atomic E-state index is 11.2. The highest BCUT2D eigenvalue weighted by Crippen LogP contribution is 2.63. The monoisotopic (exact) mass is 498 g/mol. The first-order chi connectivity index (χ1) is 16.3. The molecule has 200 valence electrons. The van der Waals surface area contributed by atoms with E-state index in [1.807, 2.05) is 13.0 Å². The number of ether oxygens (including phenoxy) is 2. The largest absolute Gasteiger partial charge is 0.394 e. The Kier molecular flexibility index (Phi) is 7.34. The van der Waals surface area contributed by atoms with E-state index >= 15 is 0 Å². The second kappa shape index (κ2) is 9.45. The smallest absolute Gasteiger partial charge is 0.186 e. The summed E-state index contributed by atoms with van der Waals surface area (Å²) in [6.45, 7) is 9.32. The van der Waals surface area contributed by atoms with Crippen LogP contribution in [-0.4, -0.2) is 98.0 Å². The minimum Gasteiger partial charge on any atom is -0.394 e. The van der Waals surface area contributed by atoms with Crippen LogP contribution in [0.5, 0.6) is 0 Å².